The number of ether oxygens (including phenoxy) is 5. The van der Waals surface area contributed by atoms with Gasteiger partial charge in [0, 0.05) is 35.7 Å². The zero-order valence-electron chi connectivity index (χ0n) is 39.2. The van der Waals surface area contributed by atoms with Crippen molar-refractivity contribution in [3.8, 4) is 6.07 Å². The third kappa shape index (κ3) is 9.56. The molecular formula is C50H74N2O11. The van der Waals surface area contributed by atoms with Gasteiger partial charge in [-0.05, 0) is 114 Å². The van der Waals surface area contributed by atoms with Crippen LogP contribution in [-0.2, 0) is 33.3 Å². The SMILES string of the molecule is CC[C@@H](C(=O)[C@@H](C)[C@@H](O)[C@H](C)[C@@H]1O[C@@H]([C@@H](CC)C(=O)O)CC[C@@H]1C)[C@H]1O[C@]2(C=C[C@H](NC(=O)c3ccc(C#N)cc3)[C@]3(CC[C@@](C)([C@H]4CC[C@](O)(CC)[C@H](C)O4)O3)O2)[C@H](C)C[C@@H]1C. The van der Waals surface area contributed by atoms with Gasteiger partial charge in [0.05, 0.1) is 65.4 Å². The molecule has 5 aliphatic rings. The zero-order chi connectivity index (χ0) is 46.2. The predicted octanol–water partition coefficient (Wildman–Crippen LogP) is 7.50. The number of hydrogen-bond donors (Lipinski definition) is 4. The number of carbonyl (C=O) groups is 3. The molecule has 0 bridgehead atoms. The molecule has 4 fully saturated rings. The largest absolute Gasteiger partial charge is 0.481 e. The number of carboxylic acids is 1. The number of nitrogens with one attached hydrogen (secondary N) is 1. The maximum Gasteiger partial charge on any atom is 0.309 e. The molecule has 0 aliphatic carbocycles. The molecule has 13 heteroatoms. The average molecular weight is 879 g/mol. The molecule has 5 aliphatic heterocycles. The Hall–Kier alpha value is -3.22. The highest BCUT2D eigenvalue weighted by molar-refractivity contribution is 5.94. The van der Waals surface area contributed by atoms with Gasteiger partial charge >= 0.3 is 5.97 Å². The van der Waals surface area contributed by atoms with Crippen molar-refractivity contribution in [3.63, 3.8) is 0 Å². The van der Waals surface area contributed by atoms with Gasteiger partial charge < -0.3 is 44.3 Å². The molecule has 0 saturated carbocycles. The van der Waals surface area contributed by atoms with Gasteiger partial charge in [0.25, 0.3) is 5.91 Å². The van der Waals surface area contributed by atoms with Crippen LogP contribution in [0.15, 0.2) is 36.4 Å². The number of aliphatic hydroxyl groups excluding tert-OH is 1. The van der Waals surface area contributed by atoms with Crippen LogP contribution in [0.4, 0.5) is 0 Å². The highest BCUT2D eigenvalue weighted by Gasteiger charge is 2.63. The highest BCUT2D eigenvalue weighted by Crippen LogP contribution is 2.54. The normalized spacial score (nSPS) is 40.4. The highest BCUT2D eigenvalue weighted by atomic mass is 16.8. The molecule has 1 aromatic rings. The maximum absolute atomic E-state index is 14.7. The Morgan fingerprint density at radius 2 is 1.59 bits per heavy atom. The van der Waals surface area contributed by atoms with Crippen LogP contribution in [-0.4, -0.2) is 98.4 Å². The lowest BCUT2D eigenvalue weighted by Gasteiger charge is -2.55. The lowest BCUT2D eigenvalue weighted by atomic mass is 9.72. The molecule has 4 N–H and O–H groups in total. The second-order valence-corrected chi connectivity index (χ2v) is 20.1. The van der Waals surface area contributed by atoms with Gasteiger partial charge in [0.2, 0.25) is 0 Å². The first-order chi connectivity index (χ1) is 29.7. The summed E-state index contributed by atoms with van der Waals surface area (Å²) in [6, 6.07) is 7.77. The van der Waals surface area contributed by atoms with Crippen molar-refractivity contribution in [2.75, 3.05) is 0 Å². The lowest BCUT2D eigenvalue weighted by Crippen LogP contribution is -2.65. The maximum atomic E-state index is 14.7. The van der Waals surface area contributed by atoms with Gasteiger partial charge in [0.15, 0.2) is 11.6 Å². The van der Waals surface area contributed by atoms with E-state index in [1.54, 1.807) is 31.2 Å². The minimum Gasteiger partial charge on any atom is -0.481 e. The molecule has 2 spiro atoms. The van der Waals surface area contributed by atoms with Crippen molar-refractivity contribution in [2.45, 2.75) is 199 Å². The summed E-state index contributed by atoms with van der Waals surface area (Å²) in [7, 11) is 0. The number of aliphatic carboxylic acids is 1. The van der Waals surface area contributed by atoms with Crippen LogP contribution >= 0.6 is 0 Å². The number of carboxylic acid groups (broad SMARTS) is 1. The van der Waals surface area contributed by atoms with Gasteiger partial charge in [-0.3, -0.25) is 14.4 Å². The van der Waals surface area contributed by atoms with Crippen molar-refractivity contribution in [3.05, 3.63) is 47.5 Å². The first-order valence-electron chi connectivity index (χ1n) is 23.8. The van der Waals surface area contributed by atoms with Crippen LogP contribution in [0, 0.1) is 52.8 Å². The Morgan fingerprint density at radius 3 is 2.19 bits per heavy atom. The van der Waals surface area contributed by atoms with Crippen molar-refractivity contribution < 1.29 is 53.4 Å². The number of Topliss-reactive ketones (excluding diaryl/α,β-unsaturated/α-hetero) is 1. The second kappa shape index (κ2) is 19.3. The fraction of sp³-hybridized carbons (Fsp3) is 0.760. The van der Waals surface area contributed by atoms with E-state index in [4.69, 9.17) is 23.7 Å². The summed E-state index contributed by atoms with van der Waals surface area (Å²) in [6.45, 7) is 19.5. The van der Waals surface area contributed by atoms with E-state index >= 15 is 0 Å². The summed E-state index contributed by atoms with van der Waals surface area (Å²) >= 11 is 0. The van der Waals surface area contributed by atoms with Crippen LogP contribution in [0.5, 0.6) is 0 Å². The minimum atomic E-state index is -1.40. The molecule has 1 aromatic carbocycles. The van der Waals surface area contributed by atoms with E-state index in [9.17, 15) is 35.0 Å². The number of hydrogen-bond acceptors (Lipinski definition) is 11. The molecule has 4 saturated heterocycles. The van der Waals surface area contributed by atoms with E-state index in [1.165, 1.54) is 0 Å². The van der Waals surface area contributed by atoms with E-state index in [1.807, 2.05) is 53.7 Å². The number of amides is 1. The fourth-order valence-electron chi connectivity index (χ4n) is 11.6. The summed E-state index contributed by atoms with van der Waals surface area (Å²) in [6.07, 6.45) is 6.13. The van der Waals surface area contributed by atoms with Gasteiger partial charge in [-0.25, -0.2) is 0 Å². The van der Waals surface area contributed by atoms with E-state index in [0.29, 0.717) is 68.9 Å². The van der Waals surface area contributed by atoms with Crippen molar-refractivity contribution >= 4 is 17.7 Å². The van der Waals surface area contributed by atoms with E-state index < -0.39 is 89.0 Å². The second-order valence-electron chi connectivity index (χ2n) is 20.1. The number of carbonyl (C=O) groups excluding carboxylic acids is 2. The summed E-state index contributed by atoms with van der Waals surface area (Å²) in [5.74, 6) is -6.63. The van der Waals surface area contributed by atoms with Gasteiger partial charge in [-0.1, -0.05) is 61.5 Å². The average Bonchev–Trinajstić information content (AvgIpc) is 3.61. The summed E-state index contributed by atoms with van der Waals surface area (Å²) in [4.78, 5) is 40.6. The molecular weight excluding hydrogens is 805 g/mol. The standard InChI is InChI=1S/C50H74N2O11/c1-11-36(46(56)57)38-19-14-28(4)43(60-38)32(8)41(53)31(7)42(54)37(12-2)44-29(5)26-30(6)49(61-44)23-20-39(52-45(55)35-17-15-34(27-51)16-18-35)50(63-49)25-24-47(10,62-50)40-21-22-48(58,13-3)33(9)59-40/h15-18,20,23,28-33,36-41,43-44,53,58H,11-14,19,21-22,24-26H2,1-10H3,(H,52,55)(H,56,57)/t28-,29-,30+,31-,32-,33-,36+,37-,38+,39-,40+,41+,43+,44-,47-,48+,49-,50-/m0/s1. The van der Waals surface area contributed by atoms with Crippen LogP contribution in [0.25, 0.3) is 0 Å². The Labute approximate surface area is 374 Å². The van der Waals surface area contributed by atoms with Gasteiger partial charge in [0.1, 0.15) is 11.8 Å². The molecule has 18 atom stereocenters. The molecule has 0 unspecified atom stereocenters. The van der Waals surface area contributed by atoms with Crippen LogP contribution in [0.1, 0.15) is 149 Å². The number of nitriles is 1. The summed E-state index contributed by atoms with van der Waals surface area (Å²) in [5.41, 5.74) is -0.957. The van der Waals surface area contributed by atoms with Crippen molar-refractivity contribution in [2.24, 2.45) is 41.4 Å². The monoisotopic (exact) mass is 879 g/mol. The Kier molecular flexibility index (Phi) is 15.1. The smallest absolute Gasteiger partial charge is 0.309 e. The molecule has 0 radical (unpaired) electrons. The van der Waals surface area contributed by atoms with Gasteiger partial charge in [-0.2, -0.15) is 5.26 Å². The van der Waals surface area contributed by atoms with Crippen LogP contribution < -0.4 is 5.32 Å². The third-order valence-electron chi connectivity index (χ3n) is 16.0. The minimum absolute atomic E-state index is 0.0447. The van der Waals surface area contributed by atoms with Crippen LogP contribution in [0.2, 0.25) is 0 Å². The summed E-state index contributed by atoms with van der Waals surface area (Å²) in [5, 5.41) is 45.5. The van der Waals surface area contributed by atoms with E-state index in [-0.39, 0.29) is 35.5 Å². The number of nitrogens with zero attached hydrogens (tertiary/aromatic N) is 1. The van der Waals surface area contributed by atoms with Gasteiger partial charge in [-0.15, -0.1) is 0 Å². The number of ketones is 1. The first-order valence-corrected chi connectivity index (χ1v) is 23.8. The lowest BCUT2D eigenvalue weighted by molar-refractivity contribution is -0.397. The molecule has 350 valence electrons. The van der Waals surface area contributed by atoms with E-state index in [2.05, 4.69) is 32.2 Å². The number of aliphatic hydroxyl groups is 2. The molecule has 5 heterocycles. The summed E-state index contributed by atoms with van der Waals surface area (Å²) < 4.78 is 34.6. The van der Waals surface area contributed by atoms with Crippen molar-refractivity contribution in [1.82, 2.24) is 5.32 Å². The molecule has 0 aromatic heterocycles. The Balaban J connectivity index is 1.26. The Morgan fingerprint density at radius 1 is 0.905 bits per heavy atom. The molecule has 63 heavy (non-hydrogen) atoms. The quantitative estimate of drug-likeness (QED) is 0.135. The molecule has 1 amide bonds. The van der Waals surface area contributed by atoms with E-state index in [0.717, 1.165) is 6.42 Å². The number of rotatable bonds is 14. The topological polar surface area (TPSA) is 194 Å². The van der Waals surface area contributed by atoms with Crippen molar-refractivity contribution in [1.29, 1.82) is 5.26 Å². The number of benzene rings is 1. The molecule has 13 nitrogen and oxygen atoms in total. The third-order valence-corrected chi connectivity index (χ3v) is 16.0. The molecule has 6 rings (SSSR count). The fourth-order valence-corrected chi connectivity index (χ4v) is 11.6. The first kappa shape index (κ1) is 49.2. The Bertz CT molecular complexity index is 1870. The zero-order valence-corrected chi connectivity index (χ0v) is 39.2. The van der Waals surface area contributed by atoms with Crippen LogP contribution in [0.3, 0.4) is 0 Å². The predicted molar refractivity (Wildman–Crippen MR) is 235 cm³/mol.